The Morgan fingerprint density at radius 3 is 2.58 bits per heavy atom. The number of hydrogen-bond donors (Lipinski definition) is 0. The van der Waals surface area contributed by atoms with Crippen molar-refractivity contribution in [3.05, 3.63) is 42.0 Å². The highest BCUT2D eigenvalue weighted by Gasteiger charge is 2.08. The second kappa shape index (κ2) is 9.53. The van der Waals surface area contributed by atoms with Gasteiger partial charge in [0.1, 0.15) is 0 Å². The van der Waals surface area contributed by atoms with Crippen LogP contribution in [0.1, 0.15) is 42.1 Å². The molecule has 1 aromatic rings. The van der Waals surface area contributed by atoms with Crippen molar-refractivity contribution in [2.24, 2.45) is 0 Å². The number of carbonyl (C=O) groups is 1. The van der Waals surface area contributed by atoms with Crippen molar-refractivity contribution in [3.63, 3.8) is 0 Å². The minimum absolute atomic E-state index is 0.268. The lowest BCUT2D eigenvalue weighted by atomic mass is 10.1. The number of carbonyl (C=O) groups excluding carboxylic acids is 1. The van der Waals surface area contributed by atoms with E-state index in [9.17, 15) is 4.79 Å². The molecule has 105 valence electrons. The minimum atomic E-state index is -0.507. The summed E-state index contributed by atoms with van der Waals surface area (Å²) in [4.78, 5) is 20.8. The topological polar surface area (TPSA) is 44.8 Å². The van der Waals surface area contributed by atoms with Crippen LogP contribution in [0.2, 0.25) is 0 Å². The van der Waals surface area contributed by atoms with Crippen molar-refractivity contribution in [2.45, 2.75) is 32.6 Å². The normalized spacial score (nSPS) is 10.4. The fraction of sp³-hybridized carbons (Fsp3) is 0.467. The first-order valence-corrected chi connectivity index (χ1v) is 6.55. The van der Waals surface area contributed by atoms with Crippen LogP contribution in [0.4, 0.5) is 0 Å². The third-order valence-electron chi connectivity index (χ3n) is 2.69. The molecule has 0 atom stereocenters. The first kappa shape index (κ1) is 15.7. The maximum absolute atomic E-state index is 11.6. The summed E-state index contributed by atoms with van der Waals surface area (Å²) in [6, 6.07) is 7.41. The van der Waals surface area contributed by atoms with Crippen molar-refractivity contribution in [1.29, 1.82) is 0 Å². The van der Waals surface area contributed by atoms with Crippen molar-refractivity contribution in [1.82, 2.24) is 0 Å². The molecule has 0 aliphatic heterocycles. The summed E-state index contributed by atoms with van der Waals surface area (Å²) in [5.41, 5.74) is 1.71. The number of unbranched alkanes of at least 4 members (excludes halogenated alkanes) is 2. The highest BCUT2D eigenvalue weighted by molar-refractivity contribution is 5.88. The van der Waals surface area contributed by atoms with Crippen LogP contribution in [-0.2, 0) is 20.9 Å². The van der Waals surface area contributed by atoms with Crippen molar-refractivity contribution >= 4 is 5.97 Å². The zero-order chi connectivity index (χ0) is 13.9. The van der Waals surface area contributed by atoms with E-state index in [2.05, 4.69) is 16.7 Å². The average molecular weight is 265 g/mol. The summed E-state index contributed by atoms with van der Waals surface area (Å²) < 4.78 is 4.72. The number of rotatable bonds is 9. The molecule has 0 aliphatic carbocycles. The van der Waals surface area contributed by atoms with Gasteiger partial charge < -0.3 is 4.74 Å². The third kappa shape index (κ3) is 6.36. The van der Waals surface area contributed by atoms with Gasteiger partial charge in [0.15, 0.2) is 6.61 Å². The van der Waals surface area contributed by atoms with Crippen LogP contribution in [0.3, 0.4) is 0 Å². The zero-order valence-corrected chi connectivity index (χ0v) is 11.6. The van der Waals surface area contributed by atoms with Gasteiger partial charge >= 0.3 is 5.97 Å². The molecule has 0 saturated carbocycles. The van der Waals surface area contributed by atoms with Gasteiger partial charge in [0.05, 0.1) is 12.2 Å². The molecule has 0 spiro atoms. The Hall–Kier alpha value is -1.39. The van der Waals surface area contributed by atoms with E-state index < -0.39 is 5.97 Å². The Morgan fingerprint density at radius 2 is 1.95 bits per heavy atom. The van der Waals surface area contributed by atoms with Gasteiger partial charge in [-0.2, -0.15) is 4.89 Å². The molecule has 0 bridgehead atoms. The quantitative estimate of drug-likeness (QED) is 0.390. The van der Waals surface area contributed by atoms with Crippen LogP contribution in [0.25, 0.3) is 0 Å². The van der Waals surface area contributed by atoms with E-state index >= 15 is 0 Å². The van der Waals surface area contributed by atoms with E-state index in [1.54, 1.807) is 12.1 Å². The summed E-state index contributed by atoms with van der Waals surface area (Å²) in [6.45, 7) is 3.72. The second-order valence-electron chi connectivity index (χ2n) is 4.24. The standard InChI is InChI=1S/C15H21O4/c1-3-4-5-6-13-7-9-14(10-8-13)15(16)19-18-12-11-17-2/h7-10,12H,3-6,11H2,1-2H3. The monoisotopic (exact) mass is 265 g/mol. The zero-order valence-electron chi connectivity index (χ0n) is 11.6. The Labute approximate surface area is 114 Å². The summed E-state index contributed by atoms with van der Waals surface area (Å²) >= 11 is 0. The van der Waals surface area contributed by atoms with Gasteiger partial charge in [-0.15, -0.1) is 0 Å². The van der Waals surface area contributed by atoms with Gasteiger partial charge in [-0.1, -0.05) is 31.9 Å². The molecule has 0 heterocycles. The Kier molecular flexibility index (Phi) is 7.86. The van der Waals surface area contributed by atoms with Crippen LogP contribution in [-0.4, -0.2) is 19.7 Å². The van der Waals surface area contributed by atoms with Gasteiger partial charge in [-0.3, -0.25) is 4.89 Å². The number of ether oxygens (including phenoxy) is 1. The Balaban J connectivity index is 2.35. The lowest BCUT2D eigenvalue weighted by Crippen LogP contribution is -2.06. The molecule has 0 amide bonds. The van der Waals surface area contributed by atoms with Crippen molar-refractivity contribution < 1.29 is 19.3 Å². The maximum atomic E-state index is 11.6. The molecular formula is C15H21O4. The average Bonchev–Trinajstić information content (AvgIpc) is 2.44. The van der Waals surface area contributed by atoms with Crippen molar-refractivity contribution in [2.75, 3.05) is 13.7 Å². The highest BCUT2D eigenvalue weighted by Crippen LogP contribution is 2.10. The molecule has 0 saturated heterocycles. The molecule has 19 heavy (non-hydrogen) atoms. The maximum Gasteiger partial charge on any atom is 0.373 e. The first-order valence-electron chi connectivity index (χ1n) is 6.55. The fourth-order valence-electron chi connectivity index (χ4n) is 1.61. The SMILES string of the molecule is CCCCCc1ccc(C(=O)OO[CH]COC)cc1. The predicted octanol–water partition coefficient (Wildman–Crippen LogP) is 3.32. The molecule has 0 N–H and O–H groups in total. The van der Waals surface area contributed by atoms with Gasteiger partial charge in [-0.05, 0) is 30.5 Å². The molecule has 0 fully saturated rings. The predicted molar refractivity (Wildman–Crippen MR) is 72.3 cm³/mol. The largest absolute Gasteiger partial charge is 0.382 e. The fourth-order valence-corrected chi connectivity index (χ4v) is 1.61. The van der Waals surface area contributed by atoms with E-state index in [0.29, 0.717) is 5.56 Å². The van der Waals surface area contributed by atoms with Crippen molar-refractivity contribution in [3.8, 4) is 0 Å². The first-order chi connectivity index (χ1) is 9.27. The van der Waals surface area contributed by atoms with Gasteiger partial charge in [0.25, 0.3) is 0 Å². The Bertz CT molecular complexity index is 359. The van der Waals surface area contributed by atoms with Crippen LogP contribution in [0.5, 0.6) is 0 Å². The summed E-state index contributed by atoms with van der Waals surface area (Å²) in [5.74, 6) is -0.507. The molecule has 1 rings (SSSR count). The number of methoxy groups -OCH3 is 1. The van der Waals surface area contributed by atoms with Crippen LogP contribution >= 0.6 is 0 Å². The van der Waals surface area contributed by atoms with Gasteiger partial charge in [0.2, 0.25) is 0 Å². The smallest absolute Gasteiger partial charge is 0.373 e. The van der Waals surface area contributed by atoms with Crippen LogP contribution in [0, 0.1) is 6.61 Å². The lowest BCUT2D eigenvalue weighted by Gasteiger charge is -2.04. The summed E-state index contributed by atoms with van der Waals surface area (Å²) in [7, 11) is 1.53. The molecule has 1 aromatic carbocycles. The summed E-state index contributed by atoms with van der Waals surface area (Å²) in [6.07, 6.45) is 4.66. The van der Waals surface area contributed by atoms with E-state index in [0.717, 1.165) is 6.42 Å². The lowest BCUT2D eigenvalue weighted by molar-refractivity contribution is -0.217. The molecule has 0 aromatic heterocycles. The van der Waals surface area contributed by atoms with E-state index in [-0.39, 0.29) is 6.61 Å². The van der Waals surface area contributed by atoms with Gasteiger partial charge in [-0.25, -0.2) is 4.79 Å². The molecular weight excluding hydrogens is 244 g/mol. The number of aryl methyl sites for hydroxylation is 1. The van der Waals surface area contributed by atoms with E-state index in [4.69, 9.17) is 4.74 Å². The van der Waals surface area contributed by atoms with E-state index in [1.807, 2.05) is 12.1 Å². The number of hydrogen-bond acceptors (Lipinski definition) is 4. The Morgan fingerprint density at radius 1 is 1.21 bits per heavy atom. The van der Waals surface area contributed by atoms with E-state index in [1.165, 1.54) is 38.5 Å². The molecule has 0 unspecified atom stereocenters. The molecule has 4 heteroatoms. The molecule has 4 nitrogen and oxygen atoms in total. The third-order valence-corrected chi connectivity index (χ3v) is 2.69. The summed E-state index contributed by atoms with van der Waals surface area (Å²) in [5, 5.41) is 0. The second-order valence-corrected chi connectivity index (χ2v) is 4.24. The molecule has 0 aliphatic rings. The highest BCUT2D eigenvalue weighted by atomic mass is 17.2. The minimum Gasteiger partial charge on any atom is -0.382 e. The van der Waals surface area contributed by atoms with Crippen LogP contribution in [0.15, 0.2) is 24.3 Å². The van der Waals surface area contributed by atoms with Crippen LogP contribution < -0.4 is 0 Å². The number of benzene rings is 1. The van der Waals surface area contributed by atoms with Gasteiger partial charge in [0, 0.05) is 7.11 Å². The molecule has 1 radical (unpaired) electrons.